The van der Waals surface area contributed by atoms with E-state index in [1.807, 2.05) is 0 Å². The van der Waals surface area contributed by atoms with Crippen molar-refractivity contribution in [2.75, 3.05) is 5.73 Å². The Bertz CT molecular complexity index is 298. The molecule has 0 aliphatic heterocycles. The van der Waals surface area contributed by atoms with E-state index in [0.717, 1.165) is 6.07 Å². The Morgan fingerprint density at radius 2 is 1.92 bits per heavy atom. The third-order valence-electron chi connectivity index (χ3n) is 1.06. The molecule has 0 spiro atoms. The van der Waals surface area contributed by atoms with Crippen molar-refractivity contribution in [3.63, 3.8) is 0 Å². The summed E-state index contributed by atoms with van der Waals surface area (Å²) in [6, 6.07) is 0.900. The maximum absolute atomic E-state index is 12.0. The number of halogens is 4. The zero-order valence-electron chi connectivity index (χ0n) is 5.56. The highest BCUT2D eigenvalue weighted by Gasteiger charge is 2.35. The summed E-state index contributed by atoms with van der Waals surface area (Å²) in [5.41, 5.74) is 3.26. The van der Waals surface area contributed by atoms with Crippen molar-refractivity contribution in [3.05, 3.63) is 16.9 Å². The van der Waals surface area contributed by atoms with Crippen LogP contribution in [0.4, 0.5) is 18.9 Å². The van der Waals surface area contributed by atoms with Crippen molar-refractivity contribution >= 4 is 17.3 Å². The summed E-state index contributed by atoms with van der Waals surface area (Å²) >= 11 is 5.25. The van der Waals surface area contributed by atoms with Gasteiger partial charge in [-0.1, -0.05) is 11.6 Å². The molecule has 2 N–H and O–H groups in total. The van der Waals surface area contributed by atoms with Crippen LogP contribution in [-0.4, -0.2) is 10.2 Å². The molecule has 0 saturated carbocycles. The average molecular weight is 198 g/mol. The van der Waals surface area contributed by atoms with Gasteiger partial charge in [0, 0.05) is 6.07 Å². The normalized spacial score (nSPS) is 11.7. The zero-order chi connectivity index (χ0) is 9.35. The molecule has 0 unspecified atom stereocenters. The predicted octanol–water partition coefficient (Wildman–Crippen LogP) is 1.73. The summed E-state index contributed by atoms with van der Waals surface area (Å²) in [6.45, 7) is 0. The highest BCUT2D eigenvalue weighted by atomic mass is 35.5. The molecule has 0 atom stereocenters. The Kier molecular flexibility index (Phi) is 2.10. The van der Waals surface area contributed by atoms with E-state index in [2.05, 4.69) is 10.2 Å². The lowest BCUT2D eigenvalue weighted by molar-refractivity contribution is -0.141. The van der Waals surface area contributed by atoms with Gasteiger partial charge in [-0.05, 0) is 0 Å². The second kappa shape index (κ2) is 2.78. The number of aromatic nitrogens is 2. The van der Waals surface area contributed by atoms with E-state index in [4.69, 9.17) is 17.3 Å². The van der Waals surface area contributed by atoms with Gasteiger partial charge in [-0.25, -0.2) is 0 Å². The van der Waals surface area contributed by atoms with Gasteiger partial charge in [-0.2, -0.15) is 13.2 Å². The van der Waals surface area contributed by atoms with Crippen LogP contribution in [0.15, 0.2) is 6.07 Å². The molecule has 0 amide bonds. The summed E-state index contributed by atoms with van der Waals surface area (Å²) in [6.07, 6.45) is -4.58. The first kappa shape index (κ1) is 9.05. The summed E-state index contributed by atoms with van der Waals surface area (Å²) in [7, 11) is 0. The molecule has 7 heteroatoms. The van der Waals surface area contributed by atoms with Crippen LogP contribution >= 0.6 is 11.6 Å². The van der Waals surface area contributed by atoms with Crippen LogP contribution in [0.25, 0.3) is 0 Å². The van der Waals surface area contributed by atoms with Crippen molar-refractivity contribution in [1.82, 2.24) is 10.2 Å². The van der Waals surface area contributed by atoms with E-state index < -0.39 is 17.6 Å². The van der Waals surface area contributed by atoms with E-state index in [0.29, 0.717) is 0 Å². The van der Waals surface area contributed by atoms with Gasteiger partial charge >= 0.3 is 6.18 Å². The molecule has 0 aliphatic carbocycles. The molecular weight excluding hydrogens is 195 g/mol. The number of hydrogen-bond donors (Lipinski definition) is 1. The van der Waals surface area contributed by atoms with Crippen molar-refractivity contribution < 1.29 is 13.2 Å². The Morgan fingerprint density at radius 3 is 2.33 bits per heavy atom. The van der Waals surface area contributed by atoms with Crippen LogP contribution in [0.2, 0.25) is 5.15 Å². The molecule has 1 aromatic heterocycles. The van der Waals surface area contributed by atoms with Gasteiger partial charge in [-0.15, -0.1) is 10.2 Å². The van der Waals surface area contributed by atoms with Gasteiger partial charge < -0.3 is 5.73 Å². The predicted molar refractivity (Wildman–Crippen MR) is 36.5 cm³/mol. The third-order valence-corrected chi connectivity index (χ3v) is 1.25. The van der Waals surface area contributed by atoms with E-state index in [1.54, 1.807) is 0 Å². The molecule has 1 heterocycles. The second-order valence-corrected chi connectivity index (χ2v) is 2.36. The minimum Gasteiger partial charge on any atom is -0.397 e. The van der Waals surface area contributed by atoms with Crippen molar-refractivity contribution in [2.24, 2.45) is 0 Å². The van der Waals surface area contributed by atoms with Crippen molar-refractivity contribution in [2.45, 2.75) is 6.18 Å². The molecule has 3 nitrogen and oxygen atoms in total. The van der Waals surface area contributed by atoms with Crippen molar-refractivity contribution in [1.29, 1.82) is 0 Å². The molecule has 0 aromatic carbocycles. The van der Waals surface area contributed by atoms with E-state index >= 15 is 0 Å². The average Bonchev–Trinajstić information content (AvgIpc) is 1.83. The molecule has 66 valence electrons. The first-order chi connectivity index (χ1) is 5.41. The first-order valence-electron chi connectivity index (χ1n) is 2.77. The number of nitrogens with zero attached hydrogens (tertiary/aromatic N) is 2. The fraction of sp³-hybridized carbons (Fsp3) is 0.200. The lowest BCUT2D eigenvalue weighted by atomic mass is 10.3. The van der Waals surface area contributed by atoms with Crippen molar-refractivity contribution in [3.8, 4) is 0 Å². The van der Waals surface area contributed by atoms with Gasteiger partial charge in [0.15, 0.2) is 10.8 Å². The Hall–Kier alpha value is -1.04. The molecule has 0 fully saturated rings. The number of anilines is 1. The fourth-order valence-corrected chi connectivity index (χ4v) is 0.757. The van der Waals surface area contributed by atoms with Crippen LogP contribution in [-0.2, 0) is 6.18 Å². The lowest BCUT2D eigenvalue weighted by Crippen LogP contribution is -2.12. The second-order valence-electron chi connectivity index (χ2n) is 1.97. The van der Waals surface area contributed by atoms with Gasteiger partial charge in [0.05, 0.1) is 5.69 Å². The number of nitrogens with two attached hydrogens (primary N) is 1. The fourth-order valence-electron chi connectivity index (χ4n) is 0.601. The van der Waals surface area contributed by atoms with Crippen LogP contribution < -0.4 is 5.73 Å². The number of nitrogen functional groups attached to an aromatic ring is 1. The Labute approximate surface area is 70.3 Å². The monoisotopic (exact) mass is 197 g/mol. The summed E-state index contributed by atoms with van der Waals surface area (Å²) < 4.78 is 35.9. The Morgan fingerprint density at radius 1 is 1.33 bits per heavy atom. The number of rotatable bonds is 0. The molecule has 1 rings (SSSR count). The molecule has 12 heavy (non-hydrogen) atoms. The third kappa shape index (κ3) is 1.76. The minimum absolute atomic E-state index is 0.166. The largest absolute Gasteiger partial charge is 0.437 e. The minimum atomic E-state index is -4.58. The van der Waals surface area contributed by atoms with E-state index in [9.17, 15) is 13.2 Å². The number of alkyl halides is 3. The smallest absolute Gasteiger partial charge is 0.397 e. The summed E-state index contributed by atoms with van der Waals surface area (Å²) in [5, 5.41) is 5.67. The van der Waals surface area contributed by atoms with Crippen LogP contribution in [0.5, 0.6) is 0 Å². The highest BCUT2D eigenvalue weighted by Crippen LogP contribution is 2.31. The van der Waals surface area contributed by atoms with Crippen LogP contribution in [0, 0.1) is 0 Å². The molecule has 0 bridgehead atoms. The molecule has 1 aromatic rings. The number of hydrogen-bond acceptors (Lipinski definition) is 3. The molecular formula is C5H3ClF3N3. The standard InChI is InChI=1S/C5H3ClF3N3/c6-3-1-2(10)4(12-11-3)5(7,8)9/h1H,(H2,10,11). The summed E-state index contributed by atoms with van der Waals surface area (Å²) in [5.74, 6) is 0. The lowest BCUT2D eigenvalue weighted by Gasteiger charge is -2.06. The van der Waals surface area contributed by atoms with Gasteiger partial charge in [0.2, 0.25) is 0 Å². The van der Waals surface area contributed by atoms with Crippen LogP contribution in [0.1, 0.15) is 5.69 Å². The molecule has 0 radical (unpaired) electrons. The maximum Gasteiger partial charge on any atom is 0.437 e. The van der Waals surface area contributed by atoms with Gasteiger partial charge in [0.25, 0.3) is 0 Å². The molecule has 0 aliphatic rings. The van der Waals surface area contributed by atoms with Gasteiger partial charge in [0.1, 0.15) is 0 Å². The van der Waals surface area contributed by atoms with E-state index in [1.165, 1.54) is 0 Å². The van der Waals surface area contributed by atoms with Gasteiger partial charge in [-0.3, -0.25) is 0 Å². The Balaban J connectivity index is 3.19. The van der Waals surface area contributed by atoms with Crippen LogP contribution in [0.3, 0.4) is 0 Å². The SMILES string of the molecule is Nc1cc(Cl)nnc1C(F)(F)F. The quantitative estimate of drug-likeness (QED) is 0.689. The molecule has 0 saturated heterocycles. The first-order valence-corrected chi connectivity index (χ1v) is 3.15. The summed E-state index contributed by atoms with van der Waals surface area (Å²) in [4.78, 5) is 0. The maximum atomic E-state index is 12.0. The zero-order valence-corrected chi connectivity index (χ0v) is 6.32. The highest BCUT2D eigenvalue weighted by molar-refractivity contribution is 6.29. The topological polar surface area (TPSA) is 51.8 Å². The van der Waals surface area contributed by atoms with E-state index in [-0.39, 0.29) is 5.15 Å².